The Balaban J connectivity index is 1.95. The highest BCUT2D eigenvalue weighted by atomic mass is 35.5. The predicted octanol–water partition coefficient (Wildman–Crippen LogP) is 3.97. The van der Waals surface area contributed by atoms with Crippen LogP contribution in [0.3, 0.4) is 0 Å². The fraction of sp³-hybridized carbons (Fsp3) is 0.417. The van der Waals surface area contributed by atoms with Crippen LogP contribution in [0.1, 0.15) is 22.5 Å². The van der Waals surface area contributed by atoms with Crippen LogP contribution < -0.4 is 0 Å². The maximum Gasteiger partial charge on any atom is 0.107 e. The maximum absolute atomic E-state index is 5.76. The Bertz CT molecular complexity index is 439. The first-order valence-electron chi connectivity index (χ1n) is 5.55. The van der Waals surface area contributed by atoms with Crippen LogP contribution in [-0.2, 0) is 19.0 Å². The molecule has 92 valence electrons. The van der Waals surface area contributed by atoms with E-state index in [1.165, 1.54) is 4.88 Å². The Morgan fingerprint density at radius 1 is 1.35 bits per heavy atom. The Morgan fingerprint density at radius 2 is 2.24 bits per heavy atom. The summed E-state index contributed by atoms with van der Waals surface area (Å²) in [4.78, 5) is 8.29. The van der Waals surface area contributed by atoms with Gasteiger partial charge in [0.15, 0.2) is 0 Å². The van der Waals surface area contributed by atoms with E-state index in [0.29, 0.717) is 5.88 Å². The fourth-order valence-corrected chi connectivity index (χ4v) is 3.39. The van der Waals surface area contributed by atoms with Crippen molar-refractivity contribution < 1.29 is 0 Å². The molecule has 17 heavy (non-hydrogen) atoms. The Morgan fingerprint density at radius 3 is 2.82 bits per heavy atom. The summed E-state index contributed by atoms with van der Waals surface area (Å²) in [6.07, 6.45) is 0. The fourth-order valence-electron chi connectivity index (χ4n) is 1.58. The average molecular weight is 287 g/mol. The van der Waals surface area contributed by atoms with Crippen molar-refractivity contribution in [2.45, 2.75) is 25.9 Å². The number of hydrogen-bond donors (Lipinski definition) is 0. The molecule has 0 fully saturated rings. The molecule has 0 unspecified atom stereocenters. The SMILES string of the molecule is CCN(Cc1cccs1)Cc1nc(CCl)cs1. The van der Waals surface area contributed by atoms with Gasteiger partial charge in [0.05, 0.1) is 18.1 Å². The van der Waals surface area contributed by atoms with Crippen molar-refractivity contribution in [2.75, 3.05) is 6.54 Å². The third-order valence-electron chi connectivity index (χ3n) is 2.50. The molecule has 0 saturated carbocycles. The molecule has 0 radical (unpaired) electrons. The van der Waals surface area contributed by atoms with Crippen LogP contribution in [0.15, 0.2) is 22.9 Å². The largest absolute Gasteiger partial charge is 0.292 e. The van der Waals surface area contributed by atoms with Crippen LogP contribution in [0.4, 0.5) is 0 Å². The molecule has 5 heteroatoms. The number of hydrogen-bond acceptors (Lipinski definition) is 4. The third kappa shape index (κ3) is 3.78. The number of nitrogens with zero attached hydrogens (tertiary/aromatic N) is 2. The topological polar surface area (TPSA) is 16.1 Å². The Kier molecular flexibility index (Phi) is 4.98. The summed E-state index contributed by atoms with van der Waals surface area (Å²) in [5.41, 5.74) is 0.985. The molecule has 2 aromatic rings. The van der Waals surface area contributed by atoms with Crippen molar-refractivity contribution in [3.8, 4) is 0 Å². The first kappa shape index (κ1) is 13.0. The van der Waals surface area contributed by atoms with Crippen LogP contribution in [0, 0.1) is 0 Å². The molecule has 0 aromatic carbocycles. The molecule has 0 atom stereocenters. The lowest BCUT2D eigenvalue weighted by Gasteiger charge is -2.17. The third-order valence-corrected chi connectivity index (χ3v) is 4.52. The first-order chi connectivity index (χ1) is 8.31. The number of aromatic nitrogens is 1. The molecule has 2 rings (SSSR count). The second kappa shape index (κ2) is 6.50. The summed E-state index contributed by atoms with van der Waals surface area (Å²) >= 11 is 9.26. The van der Waals surface area contributed by atoms with Gasteiger partial charge in [-0.3, -0.25) is 4.90 Å². The van der Waals surface area contributed by atoms with Crippen molar-refractivity contribution in [3.63, 3.8) is 0 Å². The van der Waals surface area contributed by atoms with Crippen LogP contribution in [-0.4, -0.2) is 16.4 Å². The smallest absolute Gasteiger partial charge is 0.107 e. The number of thiazole rings is 1. The van der Waals surface area contributed by atoms with Gasteiger partial charge in [-0.2, -0.15) is 0 Å². The monoisotopic (exact) mass is 286 g/mol. The molecule has 0 spiro atoms. The van der Waals surface area contributed by atoms with Crippen molar-refractivity contribution >= 4 is 34.3 Å². The average Bonchev–Trinajstić information content (AvgIpc) is 2.99. The molecule has 0 bridgehead atoms. The van der Waals surface area contributed by atoms with Gasteiger partial charge in [-0.25, -0.2) is 4.98 Å². The van der Waals surface area contributed by atoms with Crippen LogP contribution in [0.25, 0.3) is 0 Å². The van der Waals surface area contributed by atoms with Crippen molar-refractivity contribution in [1.82, 2.24) is 9.88 Å². The predicted molar refractivity (Wildman–Crippen MR) is 75.8 cm³/mol. The molecule has 0 aliphatic rings. The van der Waals surface area contributed by atoms with E-state index in [4.69, 9.17) is 11.6 Å². The lowest BCUT2D eigenvalue weighted by molar-refractivity contribution is 0.273. The molecular weight excluding hydrogens is 272 g/mol. The molecular formula is C12H15ClN2S2. The van der Waals surface area contributed by atoms with Crippen molar-refractivity contribution in [2.24, 2.45) is 0 Å². The van der Waals surface area contributed by atoms with Gasteiger partial charge in [0, 0.05) is 16.8 Å². The van der Waals surface area contributed by atoms with Gasteiger partial charge < -0.3 is 0 Å². The number of halogens is 1. The van der Waals surface area contributed by atoms with Crippen LogP contribution >= 0.6 is 34.3 Å². The van der Waals surface area contributed by atoms with Gasteiger partial charge in [0.2, 0.25) is 0 Å². The molecule has 0 N–H and O–H groups in total. The molecule has 2 nitrogen and oxygen atoms in total. The summed E-state index contributed by atoms with van der Waals surface area (Å²) in [6, 6.07) is 4.28. The molecule has 2 heterocycles. The molecule has 0 amide bonds. The number of alkyl halides is 1. The standard InChI is InChI=1S/C12H15ClN2S2/c1-2-15(7-11-4-3-5-16-11)8-12-14-10(6-13)9-17-12/h3-5,9H,2,6-8H2,1H3. The van der Waals surface area contributed by atoms with Gasteiger partial charge in [-0.1, -0.05) is 13.0 Å². The van der Waals surface area contributed by atoms with Gasteiger partial charge in [0.25, 0.3) is 0 Å². The lowest BCUT2D eigenvalue weighted by Crippen LogP contribution is -2.21. The highest BCUT2D eigenvalue weighted by Gasteiger charge is 2.08. The number of thiophene rings is 1. The minimum absolute atomic E-state index is 0.507. The van der Waals surface area contributed by atoms with E-state index in [0.717, 1.165) is 30.3 Å². The minimum atomic E-state index is 0.507. The van der Waals surface area contributed by atoms with Gasteiger partial charge in [-0.05, 0) is 18.0 Å². The Hall–Kier alpha value is -0.420. The van der Waals surface area contributed by atoms with E-state index in [1.807, 2.05) is 16.7 Å². The van der Waals surface area contributed by atoms with E-state index in [2.05, 4.69) is 34.3 Å². The zero-order valence-electron chi connectivity index (χ0n) is 9.73. The second-order valence-electron chi connectivity index (χ2n) is 3.75. The zero-order chi connectivity index (χ0) is 12.1. The second-order valence-corrected chi connectivity index (χ2v) is 5.99. The van der Waals surface area contributed by atoms with Gasteiger partial charge in [-0.15, -0.1) is 34.3 Å². The molecule has 0 aliphatic carbocycles. The molecule has 2 aromatic heterocycles. The van der Waals surface area contributed by atoms with Gasteiger partial charge >= 0.3 is 0 Å². The highest BCUT2D eigenvalue weighted by molar-refractivity contribution is 7.10. The summed E-state index contributed by atoms with van der Waals surface area (Å²) in [7, 11) is 0. The summed E-state index contributed by atoms with van der Waals surface area (Å²) < 4.78 is 0. The summed E-state index contributed by atoms with van der Waals surface area (Å²) in [5.74, 6) is 0.507. The highest BCUT2D eigenvalue weighted by Crippen LogP contribution is 2.17. The first-order valence-corrected chi connectivity index (χ1v) is 7.85. The van der Waals surface area contributed by atoms with E-state index in [9.17, 15) is 0 Å². The lowest BCUT2D eigenvalue weighted by atomic mass is 10.4. The van der Waals surface area contributed by atoms with E-state index in [-0.39, 0.29) is 0 Å². The van der Waals surface area contributed by atoms with Gasteiger partial charge in [0.1, 0.15) is 5.01 Å². The Labute approximate surface area is 115 Å². The minimum Gasteiger partial charge on any atom is -0.292 e. The summed E-state index contributed by atoms with van der Waals surface area (Å²) in [6.45, 7) is 5.14. The van der Waals surface area contributed by atoms with Crippen molar-refractivity contribution in [1.29, 1.82) is 0 Å². The molecule has 0 saturated heterocycles. The maximum atomic E-state index is 5.76. The van der Waals surface area contributed by atoms with Crippen LogP contribution in [0.2, 0.25) is 0 Å². The van der Waals surface area contributed by atoms with Crippen molar-refractivity contribution in [3.05, 3.63) is 38.5 Å². The molecule has 0 aliphatic heterocycles. The van der Waals surface area contributed by atoms with E-state index >= 15 is 0 Å². The van der Waals surface area contributed by atoms with Crippen LogP contribution in [0.5, 0.6) is 0 Å². The normalized spacial score (nSPS) is 11.2. The van der Waals surface area contributed by atoms with E-state index in [1.54, 1.807) is 11.3 Å². The zero-order valence-corrected chi connectivity index (χ0v) is 12.1. The quantitative estimate of drug-likeness (QED) is 0.747. The number of rotatable bonds is 6. The van der Waals surface area contributed by atoms with E-state index < -0.39 is 0 Å². The summed E-state index contributed by atoms with van der Waals surface area (Å²) in [5, 5.41) is 5.32.